The molecule has 0 aromatic rings. The largest absolute Gasteiger partial charge is 0.388 e. The van der Waals surface area contributed by atoms with Crippen molar-refractivity contribution in [2.24, 2.45) is 0 Å². The number of hydrogen-bond donors (Lipinski definition) is 1. The van der Waals surface area contributed by atoms with E-state index >= 15 is 0 Å². The summed E-state index contributed by atoms with van der Waals surface area (Å²) in [5.74, 6) is 0. The van der Waals surface area contributed by atoms with Gasteiger partial charge in [-0.05, 0) is 12.8 Å². The molecule has 1 fully saturated rings. The minimum absolute atomic E-state index is 0.331. The molecule has 1 N–H and O–H groups in total. The summed E-state index contributed by atoms with van der Waals surface area (Å²) in [4.78, 5) is 0. The molecule has 1 unspecified atom stereocenters. The molecule has 3 heteroatoms. The van der Waals surface area contributed by atoms with E-state index in [1.807, 2.05) is 0 Å². The molecule has 1 aliphatic carbocycles. The third-order valence-electron chi connectivity index (χ3n) is 3.37. The van der Waals surface area contributed by atoms with Gasteiger partial charge >= 0.3 is 0 Å². The maximum atomic E-state index is 9.70. The first kappa shape index (κ1) is 15.7. The van der Waals surface area contributed by atoms with Crippen LogP contribution in [0, 0.1) is 0 Å². The lowest BCUT2D eigenvalue weighted by Crippen LogP contribution is -2.25. The summed E-state index contributed by atoms with van der Waals surface area (Å²) in [5.41, 5.74) is 0. The van der Waals surface area contributed by atoms with Crippen LogP contribution in [0.5, 0.6) is 0 Å². The van der Waals surface area contributed by atoms with E-state index in [0.717, 1.165) is 12.8 Å². The van der Waals surface area contributed by atoms with Gasteiger partial charge in [0.2, 0.25) is 0 Å². The van der Waals surface area contributed by atoms with Gasteiger partial charge in [0.1, 0.15) is 6.10 Å². The van der Waals surface area contributed by atoms with Crippen LogP contribution < -0.4 is 0 Å². The molecular weight excluding hydrogens is 228 g/mol. The van der Waals surface area contributed by atoms with Crippen molar-refractivity contribution >= 4 is 0 Å². The SMILES string of the molecule is C=CCOCC(O)COC1CCCCCCCC1. The van der Waals surface area contributed by atoms with Gasteiger partial charge in [0.15, 0.2) is 0 Å². The van der Waals surface area contributed by atoms with Crippen LogP contribution in [-0.4, -0.2) is 37.1 Å². The second-order valence-corrected chi connectivity index (χ2v) is 5.13. The van der Waals surface area contributed by atoms with Gasteiger partial charge in [-0.15, -0.1) is 6.58 Å². The molecule has 0 bridgehead atoms. The molecule has 0 amide bonds. The van der Waals surface area contributed by atoms with E-state index in [0.29, 0.717) is 25.9 Å². The van der Waals surface area contributed by atoms with Crippen LogP contribution in [0.15, 0.2) is 12.7 Å². The molecule has 0 aliphatic heterocycles. The summed E-state index contributed by atoms with van der Waals surface area (Å²) in [6, 6.07) is 0. The fourth-order valence-corrected chi connectivity index (χ4v) is 2.34. The maximum absolute atomic E-state index is 9.70. The first-order chi connectivity index (χ1) is 8.83. The first-order valence-corrected chi connectivity index (χ1v) is 7.31. The second kappa shape index (κ2) is 10.5. The van der Waals surface area contributed by atoms with Crippen molar-refractivity contribution in [3.05, 3.63) is 12.7 Å². The van der Waals surface area contributed by atoms with Crippen LogP contribution >= 0.6 is 0 Å². The Hall–Kier alpha value is -0.380. The van der Waals surface area contributed by atoms with Crippen molar-refractivity contribution < 1.29 is 14.6 Å². The molecule has 106 valence electrons. The monoisotopic (exact) mass is 256 g/mol. The second-order valence-electron chi connectivity index (χ2n) is 5.13. The van der Waals surface area contributed by atoms with Crippen LogP contribution in [0.3, 0.4) is 0 Å². The molecule has 0 heterocycles. The first-order valence-electron chi connectivity index (χ1n) is 7.31. The fourth-order valence-electron chi connectivity index (χ4n) is 2.34. The topological polar surface area (TPSA) is 38.7 Å². The standard InChI is InChI=1S/C15H28O3/c1-2-11-17-12-14(16)13-18-15-9-7-5-3-4-6-8-10-15/h2,14-16H,1,3-13H2. The summed E-state index contributed by atoms with van der Waals surface area (Å²) in [5, 5.41) is 9.70. The Balaban J connectivity index is 2.12. The van der Waals surface area contributed by atoms with Crippen molar-refractivity contribution in [1.82, 2.24) is 0 Å². The van der Waals surface area contributed by atoms with E-state index in [4.69, 9.17) is 9.47 Å². The molecule has 1 aliphatic rings. The normalized spacial score (nSPS) is 20.7. The van der Waals surface area contributed by atoms with Gasteiger partial charge in [0, 0.05) is 0 Å². The highest BCUT2D eigenvalue weighted by Crippen LogP contribution is 2.19. The van der Waals surface area contributed by atoms with E-state index in [9.17, 15) is 5.11 Å². The predicted octanol–water partition coefficient (Wildman–Crippen LogP) is 3.07. The summed E-state index contributed by atoms with van der Waals surface area (Å²) in [6.07, 6.45) is 11.7. The van der Waals surface area contributed by atoms with Crippen LogP contribution in [0.1, 0.15) is 51.4 Å². The predicted molar refractivity (Wildman–Crippen MR) is 73.7 cm³/mol. The van der Waals surface area contributed by atoms with E-state index in [1.54, 1.807) is 6.08 Å². The third kappa shape index (κ3) is 7.85. The minimum Gasteiger partial charge on any atom is -0.388 e. The Morgan fingerprint density at radius 1 is 1.06 bits per heavy atom. The molecule has 0 aromatic heterocycles. The quantitative estimate of drug-likeness (QED) is 0.562. The highest BCUT2D eigenvalue weighted by molar-refractivity contribution is 4.66. The Morgan fingerprint density at radius 3 is 2.28 bits per heavy atom. The number of hydrogen-bond acceptors (Lipinski definition) is 3. The van der Waals surface area contributed by atoms with Crippen molar-refractivity contribution in [2.75, 3.05) is 19.8 Å². The van der Waals surface area contributed by atoms with Gasteiger partial charge in [-0.3, -0.25) is 0 Å². The van der Waals surface area contributed by atoms with E-state index in [1.165, 1.54) is 38.5 Å². The molecule has 3 nitrogen and oxygen atoms in total. The number of rotatable bonds is 7. The number of aliphatic hydroxyl groups excluding tert-OH is 1. The summed E-state index contributed by atoms with van der Waals surface area (Å²) < 4.78 is 11.0. The molecule has 0 spiro atoms. The van der Waals surface area contributed by atoms with Gasteiger partial charge in [-0.2, -0.15) is 0 Å². The summed E-state index contributed by atoms with van der Waals surface area (Å²) >= 11 is 0. The van der Waals surface area contributed by atoms with Crippen LogP contribution in [0.2, 0.25) is 0 Å². The lowest BCUT2D eigenvalue weighted by molar-refractivity contribution is -0.0455. The van der Waals surface area contributed by atoms with Crippen LogP contribution in [-0.2, 0) is 9.47 Å². The Labute approximate surface area is 111 Å². The molecule has 0 radical (unpaired) electrons. The van der Waals surface area contributed by atoms with Crippen molar-refractivity contribution in [1.29, 1.82) is 0 Å². The zero-order chi connectivity index (χ0) is 13.1. The molecule has 1 rings (SSSR count). The summed E-state index contributed by atoms with van der Waals surface area (Å²) in [7, 11) is 0. The van der Waals surface area contributed by atoms with Gasteiger partial charge in [-0.25, -0.2) is 0 Å². The summed E-state index contributed by atoms with van der Waals surface area (Å²) in [6.45, 7) is 4.78. The average molecular weight is 256 g/mol. The molecule has 1 saturated carbocycles. The fraction of sp³-hybridized carbons (Fsp3) is 0.867. The highest BCUT2D eigenvalue weighted by Gasteiger charge is 2.13. The van der Waals surface area contributed by atoms with Crippen molar-refractivity contribution in [3.63, 3.8) is 0 Å². The zero-order valence-corrected chi connectivity index (χ0v) is 11.5. The third-order valence-corrected chi connectivity index (χ3v) is 3.37. The molecule has 18 heavy (non-hydrogen) atoms. The zero-order valence-electron chi connectivity index (χ0n) is 11.5. The lowest BCUT2D eigenvalue weighted by atomic mass is 10.1. The average Bonchev–Trinajstić information content (AvgIpc) is 2.50. The van der Waals surface area contributed by atoms with E-state index < -0.39 is 6.10 Å². The van der Waals surface area contributed by atoms with Gasteiger partial charge < -0.3 is 14.6 Å². The van der Waals surface area contributed by atoms with Gasteiger partial charge in [-0.1, -0.05) is 44.6 Å². The van der Waals surface area contributed by atoms with E-state index in [-0.39, 0.29) is 0 Å². The van der Waals surface area contributed by atoms with Crippen LogP contribution in [0.25, 0.3) is 0 Å². The molecule has 1 atom stereocenters. The van der Waals surface area contributed by atoms with Crippen molar-refractivity contribution in [2.45, 2.75) is 63.6 Å². The number of ether oxygens (including phenoxy) is 2. The Kier molecular flexibility index (Phi) is 9.17. The van der Waals surface area contributed by atoms with E-state index in [2.05, 4.69) is 6.58 Å². The molecular formula is C15H28O3. The minimum atomic E-state index is -0.516. The highest BCUT2D eigenvalue weighted by atomic mass is 16.5. The Bertz CT molecular complexity index is 196. The smallest absolute Gasteiger partial charge is 0.101 e. The molecule has 0 aromatic carbocycles. The lowest BCUT2D eigenvalue weighted by Gasteiger charge is -2.19. The van der Waals surface area contributed by atoms with Crippen molar-refractivity contribution in [3.8, 4) is 0 Å². The number of aliphatic hydroxyl groups is 1. The Morgan fingerprint density at radius 2 is 1.67 bits per heavy atom. The van der Waals surface area contributed by atoms with Crippen LogP contribution in [0.4, 0.5) is 0 Å². The molecule has 0 saturated heterocycles. The maximum Gasteiger partial charge on any atom is 0.101 e. The van der Waals surface area contributed by atoms with Gasteiger partial charge in [0.25, 0.3) is 0 Å². The van der Waals surface area contributed by atoms with Gasteiger partial charge in [0.05, 0.1) is 25.9 Å².